The second-order valence-corrected chi connectivity index (χ2v) is 6.14. The van der Waals surface area contributed by atoms with Gasteiger partial charge in [0, 0.05) is 32.2 Å². The van der Waals surface area contributed by atoms with E-state index in [0.717, 1.165) is 4.57 Å². The Morgan fingerprint density at radius 1 is 1.35 bits per heavy atom. The predicted molar refractivity (Wildman–Crippen MR) is 92.4 cm³/mol. The monoisotopic (exact) mass is 361 g/mol. The van der Waals surface area contributed by atoms with Gasteiger partial charge in [-0.05, 0) is 25.1 Å². The van der Waals surface area contributed by atoms with Crippen LogP contribution in [0.2, 0.25) is 0 Å². The van der Waals surface area contributed by atoms with Crippen LogP contribution in [-0.4, -0.2) is 57.2 Å². The minimum atomic E-state index is -1.10. The summed E-state index contributed by atoms with van der Waals surface area (Å²) in [4.78, 5) is 52.3. The van der Waals surface area contributed by atoms with Gasteiger partial charge in [-0.25, -0.2) is 9.59 Å². The van der Waals surface area contributed by atoms with Crippen LogP contribution < -0.4 is 11.2 Å². The summed E-state index contributed by atoms with van der Waals surface area (Å²) >= 11 is 0. The van der Waals surface area contributed by atoms with E-state index >= 15 is 0 Å². The van der Waals surface area contributed by atoms with E-state index in [1.807, 2.05) is 0 Å². The highest BCUT2D eigenvalue weighted by Crippen LogP contribution is 2.23. The molecule has 0 aliphatic carbocycles. The zero-order valence-corrected chi connectivity index (χ0v) is 14.4. The van der Waals surface area contributed by atoms with Gasteiger partial charge in [-0.1, -0.05) is 0 Å². The first kappa shape index (κ1) is 17.9. The quantitative estimate of drug-likeness (QED) is 0.792. The lowest BCUT2D eigenvalue weighted by molar-refractivity contribution is -0.141. The number of H-pyrrole nitrogens is 1. The number of carbonyl (C=O) groups excluding carboxylic acids is 1. The Balaban J connectivity index is 2.02. The third-order valence-electron chi connectivity index (χ3n) is 4.69. The van der Waals surface area contributed by atoms with Crippen molar-refractivity contribution in [2.45, 2.75) is 32.0 Å². The van der Waals surface area contributed by atoms with Gasteiger partial charge in [-0.3, -0.25) is 14.2 Å². The normalized spacial score (nSPS) is 19.8. The number of ether oxygens (including phenoxy) is 1. The van der Waals surface area contributed by atoms with Crippen LogP contribution in [0, 0.1) is 0 Å². The number of hydrogen-bond donors (Lipinski definition) is 2. The van der Waals surface area contributed by atoms with E-state index < -0.39 is 29.2 Å². The smallest absolute Gasteiger partial charge is 0.328 e. The Morgan fingerprint density at radius 2 is 2.08 bits per heavy atom. The topological polar surface area (TPSA) is 122 Å². The van der Waals surface area contributed by atoms with E-state index in [9.17, 15) is 24.3 Å². The van der Waals surface area contributed by atoms with Crippen LogP contribution in [0.25, 0.3) is 10.9 Å². The minimum absolute atomic E-state index is 0.165. The number of fused-ring (bicyclic) bond motifs is 1. The van der Waals surface area contributed by atoms with Crippen LogP contribution in [0.15, 0.2) is 27.8 Å². The van der Waals surface area contributed by atoms with Gasteiger partial charge in [0.15, 0.2) is 0 Å². The van der Waals surface area contributed by atoms with Crippen molar-refractivity contribution in [1.29, 1.82) is 0 Å². The summed E-state index contributed by atoms with van der Waals surface area (Å²) in [6.45, 7) is 2.08. The van der Waals surface area contributed by atoms with Crippen LogP contribution in [0.4, 0.5) is 0 Å². The number of methoxy groups -OCH3 is 1. The molecular formula is C17H19N3O6. The first-order valence-electron chi connectivity index (χ1n) is 8.20. The molecule has 9 nitrogen and oxygen atoms in total. The Morgan fingerprint density at radius 3 is 2.69 bits per heavy atom. The Hall–Kier alpha value is -2.94. The summed E-state index contributed by atoms with van der Waals surface area (Å²) in [5.74, 6) is -1.59. The highest BCUT2D eigenvalue weighted by atomic mass is 16.5. The summed E-state index contributed by atoms with van der Waals surface area (Å²) in [6, 6.07) is 3.35. The zero-order chi connectivity index (χ0) is 19.0. The molecule has 1 aromatic heterocycles. The first-order chi connectivity index (χ1) is 12.4. The molecule has 2 unspecified atom stereocenters. The third kappa shape index (κ3) is 2.90. The molecule has 0 bridgehead atoms. The summed E-state index contributed by atoms with van der Waals surface area (Å²) in [6.07, 6.45) is -0.138. The number of amides is 1. The number of aliphatic carboxylic acids is 1. The molecule has 26 heavy (non-hydrogen) atoms. The molecule has 1 fully saturated rings. The molecule has 2 aromatic rings. The molecule has 138 valence electrons. The average molecular weight is 361 g/mol. The molecule has 1 aromatic carbocycles. The lowest BCUT2D eigenvalue weighted by atomic mass is 10.1. The number of carboxylic acids is 1. The van der Waals surface area contributed by atoms with Gasteiger partial charge in [0.1, 0.15) is 6.04 Å². The molecule has 0 saturated carbocycles. The van der Waals surface area contributed by atoms with Crippen LogP contribution in [-0.2, 0) is 16.1 Å². The Labute approximate surface area is 147 Å². The first-order valence-corrected chi connectivity index (χ1v) is 8.20. The van der Waals surface area contributed by atoms with E-state index in [4.69, 9.17) is 4.74 Å². The molecule has 1 amide bonds. The molecule has 9 heteroatoms. The molecule has 2 N–H and O–H groups in total. The number of aromatic nitrogens is 2. The molecule has 1 saturated heterocycles. The maximum atomic E-state index is 12.8. The summed E-state index contributed by atoms with van der Waals surface area (Å²) in [7, 11) is 1.47. The van der Waals surface area contributed by atoms with Gasteiger partial charge in [-0.15, -0.1) is 0 Å². The molecule has 1 aliphatic heterocycles. The van der Waals surface area contributed by atoms with E-state index in [1.54, 1.807) is 6.92 Å². The number of hydrogen-bond acceptors (Lipinski definition) is 5. The van der Waals surface area contributed by atoms with Crippen LogP contribution in [0.3, 0.4) is 0 Å². The van der Waals surface area contributed by atoms with Gasteiger partial charge in [-0.2, -0.15) is 0 Å². The van der Waals surface area contributed by atoms with E-state index in [0.29, 0.717) is 0 Å². The number of carboxylic acid groups (broad SMARTS) is 1. The maximum Gasteiger partial charge on any atom is 0.328 e. The Bertz CT molecular complexity index is 992. The van der Waals surface area contributed by atoms with Crippen molar-refractivity contribution in [3.63, 3.8) is 0 Å². The third-order valence-corrected chi connectivity index (χ3v) is 4.69. The van der Waals surface area contributed by atoms with Crippen molar-refractivity contribution < 1.29 is 19.4 Å². The fourth-order valence-corrected chi connectivity index (χ4v) is 3.27. The number of carbonyl (C=O) groups is 2. The average Bonchev–Trinajstić information content (AvgIpc) is 3.05. The lowest BCUT2D eigenvalue weighted by Crippen LogP contribution is -2.40. The van der Waals surface area contributed by atoms with Gasteiger partial charge >= 0.3 is 11.7 Å². The second-order valence-electron chi connectivity index (χ2n) is 6.14. The van der Waals surface area contributed by atoms with Gasteiger partial charge in [0.05, 0.1) is 17.0 Å². The molecule has 0 spiro atoms. The van der Waals surface area contributed by atoms with Crippen LogP contribution in [0.5, 0.6) is 0 Å². The molecule has 2 atom stereocenters. The summed E-state index contributed by atoms with van der Waals surface area (Å²) in [5.41, 5.74) is -0.553. The fourth-order valence-electron chi connectivity index (χ4n) is 3.27. The van der Waals surface area contributed by atoms with Crippen LogP contribution >= 0.6 is 0 Å². The lowest BCUT2D eigenvalue weighted by Gasteiger charge is -2.21. The van der Waals surface area contributed by atoms with Gasteiger partial charge in [0.2, 0.25) is 0 Å². The molecular weight excluding hydrogens is 342 g/mol. The van der Waals surface area contributed by atoms with Crippen molar-refractivity contribution in [3.05, 3.63) is 44.6 Å². The fraction of sp³-hybridized carbons (Fsp3) is 0.412. The SMILES string of the molecule is CCn1c(=O)[nH]c2cc(C(=O)N3CC(OC)CC3C(=O)O)ccc2c1=O. The zero-order valence-electron chi connectivity index (χ0n) is 14.4. The number of nitrogens with one attached hydrogen (secondary N) is 1. The molecule has 1 aliphatic rings. The van der Waals surface area contributed by atoms with Gasteiger partial charge in [0.25, 0.3) is 11.5 Å². The van der Waals surface area contributed by atoms with Gasteiger partial charge < -0.3 is 19.7 Å². The summed E-state index contributed by atoms with van der Waals surface area (Å²) in [5, 5.41) is 9.64. The van der Waals surface area contributed by atoms with Crippen LogP contribution in [0.1, 0.15) is 23.7 Å². The second kappa shape index (κ2) is 6.75. The molecule has 0 radical (unpaired) electrons. The van der Waals surface area contributed by atoms with Crippen molar-refractivity contribution in [3.8, 4) is 0 Å². The standard InChI is InChI=1S/C17H19N3O6/c1-3-19-15(22)11-5-4-9(6-12(11)18-17(19)25)14(21)20-8-10(26-2)7-13(20)16(23)24/h4-6,10,13H,3,7-8H2,1-2H3,(H,18,25)(H,23,24). The Kier molecular flexibility index (Phi) is 4.64. The predicted octanol–water partition coefficient (Wildman–Crippen LogP) is 0.0238. The largest absolute Gasteiger partial charge is 0.480 e. The minimum Gasteiger partial charge on any atom is -0.480 e. The number of rotatable bonds is 4. The van der Waals surface area contributed by atoms with Crippen molar-refractivity contribution in [2.24, 2.45) is 0 Å². The number of aromatic amines is 1. The van der Waals surface area contributed by atoms with Crippen molar-refractivity contribution in [1.82, 2.24) is 14.5 Å². The highest BCUT2D eigenvalue weighted by Gasteiger charge is 2.40. The molecule has 2 heterocycles. The van der Waals surface area contributed by atoms with Crippen molar-refractivity contribution in [2.75, 3.05) is 13.7 Å². The number of likely N-dealkylation sites (tertiary alicyclic amines) is 1. The van der Waals surface area contributed by atoms with E-state index in [1.165, 1.54) is 30.2 Å². The summed E-state index contributed by atoms with van der Waals surface area (Å²) < 4.78 is 6.25. The number of nitrogens with zero attached hydrogens (tertiary/aromatic N) is 2. The van der Waals surface area contributed by atoms with E-state index in [2.05, 4.69) is 4.98 Å². The van der Waals surface area contributed by atoms with E-state index in [-0.39, 0.29) is 42.1 Å². The van der Waals surface area contributed by atoms with Crippen molar-refractivity contribution >= 4 is 22.8 Å². The molecule has 3 rings (SSSR count). The highest BCUT2D eigenvalue weighted by molar-refractivity contribution is 5.99. The number of benzene rings is 1. The maximum absolute atomic E-state index is 12.8.